The van der Waals surface area contributed by atoms with E-state index in [0.29, 0.717) is 49.7 Å². The fourth-order valence-corrected chi connectivity index (χ4v) is 5.30. The number of piperidine rings is 2. The molecule has 1 atom stereocenters. The molecule has 186 valence electrons. The zero-order chi connectivity index (χ0) is 24.2. The van der Waals surface area contributed by atoms with Crippen LogP contribution in [0.3, 0.4) is 0 Å². The van der Waals surface area contributed by atoms with Gasteiger partial charge in [-0.05, 0) is 55.7 Å². The van der Waals surface area contributed by atoms with Crippen LogP contribution in [-0.2, 0) is 16.1 Å². The van der Waals surface area contributed by atoms with Crippen LogP contribution in [0.25, 0.3) is 0 Å². The van der Waals surface area contributed by atoms with Crippen LogP contribution in [-0.4, -0.2) is 64.7 Å². The van der Waals surface area contributed by atoms with Crippen LogP contribution in [0.1, 0.15) is 73.7 Å². The largest absolute Gasteiger partial charge is 0.396 e. The number of carbonyl (C=O) groups excluding carboxylic acids is 3. The van der Waals surface area contributed by atoms with Gasteiger partial charge in [-0.25, -0.2) is 4.39 Å². The molecule has 1 aromatic rings. The maximum atomic E-state index is 14.6. The van der Waals surface area contributed by atoms with Gasteiger partial charge in [0.25, 0.3) is 5.91 Å². The lowest BCUT2D eigenvalue weighted by molar-refractivity contribution is -0.136. The minimum Gasteiger partial charge on any atom is -0.396 e. The van der Waals surface area contributed by atoms with E-state index in [1.165, 1.54) is 43.1 Å². The van der Waals surface area contributed by atoms with Gasteiger partial charge in [0.2, 0.25) is 11.8 Å². The average Bonchev–Trinajstić information content (AvgIpc) is 3.15. The summed E-state index contributed by atoms with van der Waals surface area (Å²) in [7, 11) is 0. The standard InChI is InChI=1S/C18H20FN3O4.C7H14O/c19-13-8-12-10(7-15(13)21-5-3-11(23)4-6-21)9-22(18(12)26)14-1-2-16(24)20-17(14)25;8-6-7-4-2-1-3-5-7/h7-8,11,14,23H,1-6,9H2,(H,20,24,25);7-8H,1-6H2. The first-order valence-corrected chi connectivity index (χ1v) is 12.4. The minimum atomic E-state index is -0.704. The van der Waals surface area contributed by atoms with E-state index in [4.69, 9.17) is 5.11 Å². The molecular weight excluding hydrogens is 441 g/mol. The van der Waals surface area contributed by atoms with Gasteiger partial charge >= 0.3 is 0 Å². The maximum Gasteiger partial charge on any atom is 0.255 e. The van der Waals surface area contributed by atoms with Crippen molar-refractivity contribution in [2.24, 2.45) is 5.92 Å². The Labute approximate surface area is 199 Å². The summed E-state index contributed by atoms with van der Waals surface area (Å²) in [6, 6.07) is 2.21. The van der Waals surface area contributed by atoms with Gasteiger partial charge in [0.15, 0.2) is 0 Å². The molecule has 5 rings (SSSR count). The highest BCUT2D eigenvalue weighted by Crippen LogP contribution is 2.33. The topological polar surface area (TPSA) is 110 Å². The lowest BCUT2D eigenvalue weighted by Crippen LogP contribution is -2.52. The third-order valence-corrected chi connectivity index (χ3v) is 7.38. The van der Waals surface area contributed by atoms with Crippen molar-refractivity contribution in [3.05, 3.63) is 29.1 Å². The van der Waals surface area contributed by atoms with E-state index in [1.54, 1.807) is 6.07 Å². The first-order valence-electron chi connectivity index (χ1n) is 12.4. The van der Waals surface area contributed by atoms with E-state index in [2.05, 4.69) is 5.32 Å². The summed E-state index contributed by atoms with van der Waals surface area (Å²) in [4.78, 5) is 39.3. The van der Waals surface area contributed by atoms with Gasteiger partial charge in [0, 0.05) is 38.2 Å². The van der Waals surface area contributed by atoms with Crippen molar-refractivity contribution < 1.29 is 29.0 Å². The van der Waals surface area contributed by atoms with Gasteiger partial charge < -0.3 is 20.0 Å². The number of anilines is 1. The molecule has 0 aromatic heterocycles. The van der Waals surface area contributed by atoms with Gasteiger partial charge in [-0.2, -0.15) is 0 Å². The number of halogens is 1. The van der Waals surface area contributed by atoms with Crippen LogP contribution in [0, 0.1) is 11.7 Å². The summed E-state index contributed by atoms with van der Waals surface area (Å²) in [6.07, 6.45) is 7.86. The number of imide groups is 1. The van der Waals surface area contributed by atoms with Crippen molar-refractivity contribution in [1.82, 2.24) is 10.2 Å². The Morgan fingerprint density at radius 1 is 1.00 bits per heavy atom. The molecular formula is C25H34FN3O5. The molecule has 3 N–H and O–H groups in total. The van der Waals surface area contributed by atoms with E-state index >= 15 is 0 Å². The average molecular weight is 476 g/mol. The molecule has 1 aromatic carbocycles. The van der Waals surface area contributed by atoms with E-state index in [0.717, 1.165) is 0 Å². The number of amides is 3. The summed E-state index contributed by atoms with van der Waals surface area (Å²) in [6.45, 7) is 1.76. The zero-order valence-electron chi connectivity index (χ0n) is 19.5. The highest BCUT2D eigenvalue weighted by atomic mass is 19.1. The van der Waals surface area contributed by atoms with Crippen LogP contribution in [0.2, 0.25) is 0 Å². The van der Waals surface area contributed by atoms with Crippen LogP contribution in [0.4, 0.5) is 10.1 Å². The molecule has 1 aliphatic carbocycles. The molecule has 0 bridgehead atoms. The second kappa shape index (κ2) is 10.8. The molecule has 0 spiro atoms. The smallest absolute Gasteiger partial charge is 0.255 e. The molecule has 0 radical (unpaired) electrons. The monoisotopic (exact) mass is 475 g/mol. The Morgan fingerprint density at radius 3 is 2.32 bits per heavy atom. The third-order valence-electron chi connectivity index (χ3n) is 7.38. The van der Waals surface area contributed by atoms with Crippen LogP contribution >= 0.6 is 0 Å². The second-order valence-electron chi connectivity index (χ2n) is 9.77. The van der Waals surface area contributed by atoms with E-state index < -0.39 is 17.8 Å². The van der Waals surface area contributed by atoms with Crippen molar-refractivity contribution in [3.63, 3.8) is 0 Å². The number of rotatable bonds is 3. The van der Waals surface area contributed by atoms with Crippen molar-refractivity contribution in [1.29, 1.82) is 0 Å². The number of aliphatic hydroxyl groups excluding tert-OH is 2. The number of nitrogens with one attached hydrogen (secondary N) is 1. The predicted molar refractivity (Wildman–Crippen MR) is 124 cm³/mol. The third kappa shape index (κ3) is 5.41. The molecule has 1 unspecified atom stereocenters. The molecule has 9 heteroatoms. The van der Waals surface area contributed by atoms with Crippen molar-refractivity contribution in [3.8, 4) is 0 Å². The number of hydrogen-bond donors (Lipinski definition) is 3. The van der Waals surface area contributed by atoms with Gasteiger partial charge in [-0.1, -0.05) is 19.3 Å². The normalized spacial score (nSPS) is 24.0. The first kappa shape index (κ1) is 24.6. The summed E-state index contributed by atoms with van der Waals surface area (Å²) >= 11 is 0. The van der Waals surface area contributed by atoms with Crippen LogP contribution < -0.4 is 10.2 Å². The molecule has 1 saturated carbocycles. The highest BCUT2D eigenvalue weighted by molar-refractivity contribution is 6.05. The van der Waals surface area contributed by atoms with Gasteiger partial charge in [0.1, 0.15) is 11.9 Å². The Balaban J connectivity index is 0.000000291. The fraction of sp³-hybridized carbons (Fsp3) is 0.640. The zero-order valence-corrected chi connectivity index (χ0v) is 19.5. The molecule has 3 heterocycles. The van der Waals surface area contributed by atoms with Gasteiger partial charge in [-0.3, -0.25) is 19.7 Å². The summed E-state index contributed by atoms with van der Waals surface area (Å²) in [5.74, 6) is -1.03. The Morgan fingerprint density at radius 2 is 1.71 bits per heavy atom. The maximum absolute atomic E-state index is 14.6. The second-order valence-corrected chi connectivity index (χ2v) is 9.77. The molecule has 3 fully saturated rings. The molecule has 3 amide bonds. The Bertz CT molecular complexity index is 925. The predicted octanol–water partition coefficient (Wildman–Crippen LogP) is 2.11. The van der Waals surface area contributed by atoms with E-state index in [9.17, 15) is 23.9 Å². The molecule has 2 saturated heterocycles. The molecule has 34 heavy (non-hydrogen) atoms. The summed E-state index contributed by atoms with van der Waals surface area (Å²) in [5.41, 5.74) is 1.38. The van der Waals surface area contributed by atoms with Crippen LogP contribution in [0.5, 0.6) is 0 Å². The van der Waals surface area contributed by atoms with Crippen LogP contribution in [0.15, 0.2) is 12.1 Å². The first-order chi connectivity index (χ1) is 16.4. The summed E-state index contributed by atoms with van der Waals surface area (Å²) in [5, 5.41) is 20.6. The van der Waals surface area contributed by atoms with Gasteiger partial charge in [0.05, 0.1) is 11.8 Å². The number of nitrogens with zero attached hydrogens (tertiary/aromatic N) is 2. The highest BCUT2D eigenvalue weighted by Gasteiger charge is 2.39. The van der Waals surface area contributed by atoms with Crippen molar-refractivity contribution in [2.75, 3.05) is 24.6 Å². The molecule has 4 aliphatic rings. The SMILES string of the molecule is O=C1CCC(N2Cc3cc(N4CCC(O)CC4)c(F)cc3C2=O)C(=O)N1.OCC1CCCCC1. The van der Waals surface area contributed by atoms with E-state index in [1.807, 2.05) is 4.90 Å². The lowest BCUT2D eigenvalue weighted by atomic mass is 9.90. The quantitative estimate of drug-likeness (QED) is 0.578. The molecule has 3 aliphatic heterocycles. The Hall–Kier alpha value is -2.52. The molecule has 8 nitrogen and oxygen atoms in total. The minimum absolute atomic E-state index is 0.187. The Kier molecular flexibility index (Phi) is 7.83. The van der Waals surface area contributed by atoms with Gasteiger partial charge in [-0.15, -0.1) is 0 Å². The van der Waals surface area contributed by atoms with E-state index in [-0.39, 0.29) is 42.9 Å². The van der Waals surface area contributed by atoms with Crippen molar-refractivity contribution >= 4 is 23.4 Å². The number of benzene rings is 1. The fourth-order valence-electron chi connectivity index (χ4n) is 5.30. The number of aliphatic hydroxyl groups is 2. The lowest BCUT2D eigenvalue weighted by Gasteiger charge is -2.32. The van der Waals surface area contributed by atoms with Crippen molar-refractivity contribution in [2.45, 2.75) is 76.5 Å². The summed E-state index contributed by atoms with van der Waals surface area (Å²) < 4.78 is 14.6. The number of hydrogen-bond acceptors (Lipinski definition) is 6. The number of carbonyl (C=O) groups is 3. The number of fused-ring (bicyclic) bond motifs is 1.